The van der Waals surface area contributed by atoms with Crippen LogP contribution in [0.15, 0.2) is 18.2 Å². The molecular formula is C28H38ClN3O2. The highest BCUT2D eigenvalue weighted by molar-refractivity contribution is 6.31. The normalized spacial score (nSPS) is 43.9. The number of hydrogen-bond donors (Lipinski definition) is 1. The third kappa shape index (κ3) is 3.40. The van der Waals surface area contributed by atoms with Gasteiger partial charge in [-0.1, -0.05) is 30.7 Å². The maximum Gasteiger partial charge on any atom is 0.157 e. The number of hydrogen-bond acceptors (Lipinski definition) is 4. The van der Waals surface area contributed by atoms with Gasteiger partial charge in [0, 0.05) is 10.9 Å². The fourth-order valence-electron chi connectivity index (χ4n) is 9.27. The second-order valence-electron chi connectivity index (χ2n) is 12.9. The summed E-state index contributed by atoms with van der Waals surface area (Å²) < 4.78 is 1.74. The maximum atomic E-state index is 13.7. The Kier molecular flexibility index (Phi) is 5.25. The summed E-state index contributed by atoms with van der Waals surface area (Å²) in [4.78, 5) is 13.7. The van der Waals surface area contributed by atoms with Crippen LogP contribution in [0.25, 0.3) is 11.0 Å². The van der Waals surface area contributed by atoms with Crippen LogP contribution < -0.4 is 0 Å². The van der Waals surface area contributed by atoms with Gasteiger partial charge in [-0.05, 0) is 117 Å². The molecule has 2 aromatic rings. The van der Waals surface area contributed by atoms with Crippen molar-refractivity contribution in [3.8, 4) is 0 Å². The standard InChI is InChI=1S/C28H38ClN3O2/c1-26(34)12-13-27(2)17(15-26)4-6-19-20-7-8-22(28(20,3)11-10-21(19)27)25(33)16-32-24-14-18(29)5-9-23(24)30-31-32/h5,9,14,17,19-22,34H,4,6-8,10-13,15-16H2,1-3H3/t17-,19-,20-,21-,22+,26+,27-,28-/m0/s1. The third-order valence-corrected chi connectivity index (χ3v) is 11.4. The molecule has 8 atom stereocenters. The molecule has 6 rings (SSSR count). The molecule has 0 saturated heterocycles. The fourth-order valence-corrected chi connectivity index (χ4v) is 9.44. The molecule has 1 aromatic heterocycles. The van der Waals surface area contributed by atoms with Crippen molar-refractivity contribution in [2.24, 2.45) is 40.4 Å². The Morgan fingerprint density at radius 1 is 1.06 bits per heavy atom. The third-order valence-electron chi connectivity index (χ3n) is 11.1. The van der Waals surface area contributed by atoms with Crippen molar-refractivity contribution in [1.82, 2.24) is 15.0 Å². The number of aliphatic hydroxyl groups is 1. The van der Waals surface area contributed by atoms with Crippen LogP contribution in [-0.2, 0) is 11.3 Å². The predicted octanol–water partition coefficient (Wildman–Crippen LogP) is 6.06. The number of carbonyl (C=O) groups is 1. The Balaban J connectivity index is 1.22. The lowest BCUT2D eigenvalue weighted by Gasteiger charge is -2.61. The molecule has 5 nitrogen and oxygen atoms in total. The van der Waals surface area contributed by atoms with E-state index < -0.39 is 5.60 Å². The van der Waals surface area contributed by atoms with E-state index in [2.05, 4.69) is 24.2 Å². The number of ketones is 1. The van der Waals surface area contributed by atoms with Gasteiger partial charge in [0.05, 0.1) is 11.1 Å². The van der Waals surface area contributed by atoms with Crippen molar-refractivity contribution in [2.75, 3.05) is 0 Å². The lowest BCUT2D eigenvalue weighted by atomic mass is 9.44. The highest BCUT2D eigenvalue weighted by Gasteiger charge is 2.61. The number of fused-ring (bicyclic) bond motifs is 6. The summed E-state index contributed by atoms with van der Waals surface area (Å²) in [5.74, 6) is 3.18. The monoisotopic (exact) mass is 483 g/mol. The summed E-state index contributed by atoms with van der Waals surface area (Å²) in [6.45, 7) is 7.27. The van der Waals surface area contributed by atoms with Gasteiger partial charge in [0.25, 0.3) is 0 Å². The van der Waals surface area contributed by atoms with Crippen LogP contribution in [0.3, 0.4) is 0 Å². The summed E-state index contributed by atoms with van der Waals surface area (Å²) in [5, 5.41) is 19.9. The SMILES string of the molecule is C[C@@]1(O)CC[C@@]2(C)[C@@H](CC[C@@H]3[C@@H]2CC[C@]2(C)[C@@H](C(=O)Cn4nnc5ccc(Cl)cc54)CC[C@@H]32)C1. The van der Waals surface area contributed by atoms with E-state index in [0.29, 0.717) is 28.1 Å². The van der Waals surface area contributed by atoms with Crippen molar-refractivity contribution in [2.45, 2.75) is 90.7 Å². The first-order valence-electron chi connectivity index (χ1n) is 13.3. The van der Waals surface area contributed by atoms with Gasteiger partial charge < -0.3 is 5.11 Å². The Morgan fingerprint density at radius 2 is 1.85 bits per heavy atom. The first-order valence-corrected chi connectivity index (χ1v) is 13.7. The van der Waals surface area contributed by atoms with Crippen molar-refractivity contribution in [3.63, 3.8) is 0 Å². The minimum Gasteiger partial charge on any atom is -0.390 e. The molecule has 1 N–H and O–H groups in total. The number of aromatic nitrogens is 3. The molecule has 0 amide bonds. The van der Waals surface area contributed by atoms with Crippen LogP contribution in [0.5, 0.6) is 0 Å². The van der Waals surface area contributed by atoms with Gasteiger partial charge in [-0.3, -0.25) is 4.79 Å². The number of benzene rings is 1. The quantitative estimate of drug-likeness (QED) is 0.575. The highest BCUT2D eigenvalue weighted by atomic mass is 35.5. The summed E-state index contributed by atoms with van der Waals surface area (Å²) in [7, 11) is 0. The van der Waals surface area contributed by atoms with Gasteiger partial charge in [-0.15, -0.1) is 5.10 Å². The maximum absolute atomic E-state index is 13.7. The van der Waals surface area contributed by atoms with Crippen LogP contribution in [0.4, 0.5) is 0 Å². The van der Waals surface area contributed by atoms with Gasteiger partial charge in [0.2, 0.25) is 0 Å². The lowest BCUT2D eigenvalue weighted by Crippen LogP contribution is -2.55. The Morgan fingerprint density at radius 3 is 2.68 bits per heavy atom. The lowest BCUT2D eigenvalue weighted by molar-refractivity contribution is -0.151. The molecule has 34 heavy (non-hydrogen) atoms. The van der Waals surface area contributed by atoms with E-state index in [9.17, 15) is 9.90 Å². The van der Waals surface area contributed by atoms with Crippen molar-refractivity contribution in [3.05, 3.63) is 23.2 Å². The van der Waals surface area contributed by atoms with E-state index in [-0.39, 0.29) is 17.9 Å². The molecule has 4 aliphatic carbocycles. The molecule has 0 unspecified atom stereocenters. The molecule has 4 saturated carbocycles. The molecule has 184 valence electrons. The summed E-state index contributed by atoms with van der Waals surface area (Å²) in [5.41, 5.74) is 1.58. The van der Waals surface area contributed by atoms with Gasteiger partial charge in [-0.2, -0.15) is 0 Å². The van der Waals surface area contributed by atoms with Crippen LogP contribution >= 0.6 is 11.6 Å². The first kappa shape index (κ1) is 23.0. The molecule has 1 aromatic carbocycles. The Bertz CT molecular complexity index is 1130. The predicted molar refractivity (Wildman–Crippen MR) is 133 cm³/mol. The van der Waals surface area contributed by atoms with E-state index in [1.165, 1.54) is 25.7 Å². The van der Waals surface area contributed by atoms with Crippen LogP contribution in [0.2, 0.25) is 5.02 Å². The van der Waals surface area contributed by atoms with Crippen LogP contribution in [0, 0.1) is 40.4 Å². The van der Waals surface area contributed by atoms with E-state index in [1.807, 2.05) is 25.1 Å². The van der Waals surface area contributed by atoms with Crippen molar-refractivity contribution >= 4 is 28.4 Å². The minimum atomic E-state index is -0.485. The van der Waals surface area contributed by atoms with E-state index >= 15 is 0 Å². The summed E-state index contributed by atoms with van der Waals surface area (Å²) in [6.07, 6.45) is 10.1. The molecule has 4 aliphatic rings. The smallest absolute Gasteiger partial charge is 0.157 e. The van der Waals surface area contributed by atoms with Crippen LogP contribution in [0.1, 0.15) is 78.6 Å². The van der Waals surface area contributed by atoms with E-state index in [4.69, 9.17) is 11.6 Å². The minimum absolute atomic E-state index is 0.0929. The van der Waals surface area contributed by atoms with Crippen LogP contribution in [-0.4, -0.2) is 31.5 Å². The largest absolute Gasteiger partial charge is 0.390 e. The molecule has 4 fully saturated rings. The molecule has 1 heterocycles. The summed E-state index contributed by atoms with van der Waals surface area (Å²) in [6, 6.07) is 5.53. The fraction of sp³-hybridized carbons (Fsp3) is 0.750. The topological polar surface area (TPSA) is 68.0 Å². The number of halogens is 1. The molecule has 0 radical (unpaired) electrons. The average molecular weight is 484 g/mol. The van der Waals surface area contributed by atoms with Crippen molar-refractivity contribution in [1.29, 1.82) is 0 Å². The number of rotatable bonds is 3. The van der Waals surface area contributed by atoms with Gasteiger partial charge >= 0.3 is 0 Å². The van der Waals surface area contributed by atoms with Gasteiger partial charge in [0.15, 0.2) is 5.78 Å². The molecule has 6 heteroatoms. The zero-order chi connectivity index (χ0) is 23.9. The second-order valence-corrected chi connectivity index (χ2v) is 13.3. The number of nitrogens with zero attached hydrogens (tertiary/aromatic N) is 3. The highest BCUT2D eigenvalue weighted by Crippen LogP contribution is 2.68. The van der Waals surface area contributed by atoms with Gasteiger partial charge in [0.1, 0.15) is 12.1 Å². The number of carbonyl (C=O) groups excluding carboxylic acids is 1. The Labute approximate surface area is 207 Å². The molecular weight excluding hydrogens is 446 g/mol. The molecule has 0 aliphatic heterocycles. The zero-order valence-electron chi connectivity index (χ0n) is 20.8. The zero-order valence-corrected chi connectivity index (χ0v) is 21.5. The second kappa shape index (κ2) is 7.77. The summed E-state index contributed by atoms with van der Waals surface area (Å²) >= 11 is 6.20. The number of Topliss-reactive ketones (excluding diaryl/α,β-unsaturated/α-hetero) is 1. The average Bonchev–Trinajstić information content (AvgIpc) is 3.34. The van der Waals surface area contributed by atoms with E-state index in [0.717, 1.165) is 55.0 Å². The molecule has 0 spiro atoms. The Hall–Kier alpha value is -1.46. The van der Waals surface area contributed by atoms with Gasteiger partial charge in [-0.25, -0.2) is 4.68 Å². The first-order chi connectivity index (χ1) is 16.1. The van der Waals surface area contributed by atoms with E-state index in [1.54, 1.807) is 4.68 Å². The van der Waals surface area contributed by atoms with Crippen molar-refractivity contribution < 1.29 is 9.90 Å². The molecule has 0 bridgehead atoms.